The van der Waals surface area contributed by atoms with E-state index in [0.717, 1.165) is 4.90 Å². The third kappa shape index (κ3) is 3.59. The number of ether oxygens (including phenoxy) is 3. The highest BCUT2D eigenvalue weighted by Crippen LogP contribution is 2.27. The van der Waals surface area contributed by atoms with Crippen LogP contribution in [0.15, 0.2) is 18.2 Å². The minimum absolute atomic E-state index is 0.0557. The van der Waals surface area contributed by atoms with E-state index in [9.17, 15) is 14.4 Å². The quantitative estimate of drug-likeness (QED) is 0.856. The molecule has 2 heterocycles. The summed E-state index contributed by atoms with van der Waals surface area (Å²) in [4.78, 5) is 37.9. The Morgan fingerprint density at radius 1 is 1.20 bits per heavy atom. The number of amides is 4. The van der Waals surface area contributed by atoms with Gasteiger partial charge in [0.15, 0.2) is 6.61 Å². The van der Waals surface area contributed by atoms with E-state index in [2.05, 4.69) is 10.1 Å². The molecule has 4 amide bonds. The fourth-order valence-corrected chi connectivity index (χ4v) is 2.75. The summed E-state index contributed by atoms with van der Waals surface area (Å²) in [6.07, 6.45) is -0.614. The number of methoxy groups -OCH3 is 2. The van der Waals surface area contributed by atoms with E-state index in [1.54, 1.807) is 23.1 Å². The lowest BCUT2D eigenvalue weighted by molar-refractivity contribution is -0.126. The number of hydrogen-bond donors (Lipinski definition) is 1. The molecule has 1 N–H and O–H groups in total. The SMILES string of the molecule is COc1cc(NC(=O)N2CC(CN3C(=O)COC3=O)C2)cc(OC)c1. The number of anilines is 1. The molecule has 9 heteroatoms. The van der Waals surface area contributed by atoms with Gasteiger partial charge in [-0.25, -0.2) is 14.5 Å². The number of carbonyl (C=O) groups excluding carboxylic acids is 3. The maximum absolute atomic E-state index is 12.3. The lowest BCUT2D eigenvalue weighted by Gasteiger charge is -2.40. The summed E-state index contributed by atoms with van der Waals surface area (Å²) in [7, 11) is 3.07. The maximum atomic E-state index is 12.3. The van der Waals surface area contributed by atoms with Gasteiger partial charge in [-0.3, -0.25) is 4.79 Å². The summed E-state index contributed by atoms with van der Waals surface area (Å²) in [5, 5.41) is 2.78. The number of likely N-dealkylation sites (tertiary alicyclic amines) is 1. The first-order chi connectivity index (χ1) is 12.0. The van der Waals surface area contributed by atoms with Crippen molar-refractivity contribution in [2.75, 3.05) is 45.8 Å². The molecule has 0 radical (unpaired) electrons. The normalized spacial score (nSPS) is 17.2. The van der Waals surface area contributed by atoms with Crippen LogP contribution in [-0.2, 0) is 9.53 Å². The highest BCUT2D eigenvalue weighted by atomic mass is 16.6. The Morgan fingerprint density at radius 3 is 2.36 bits per heavy atom. The van der Waals surface area contributed by atoms with Crippen LogP contribution >= 0.6 is 0 Å². The molecule has 2 aliphatic rings. The molecule has 0 saturated carbocycles. The van der Waals surface area contributed by atoms with Crippen LogP contribution in [0.1, 0.15) is 0 Å². The molecular formula is C16H19N3O6. The highest BCUT2D eigenvalue weighted by molar-refractivity contribution is 5.97. The van der Waals surface area contributed by atoms with Crippen molar-refractivity contribution in [1.29, 1.82) is 0 Å². The van der Waals surface area contributed by atoms with Gasteiger partial charge in [-0.1, -0.05) is 0 Å². The minimum atomic E-state index is -0.614. The topological polar surface area (TPSA) is 97.4 Å². The number of hydrogen-bond acceptors (Lipinski definition) is 6. The molecule has 2 fully saturated rings. The smallest absolute Gasteiger partial charge is 0.417 e. The Hall–Kier alpha value is -2.97. The van der Waals surface area contributed by atoms with E-state index in [-0.39, 0.29) is 31.0 Å². The molecule has 1 aromatic carbocycles. The molecule has 9 nitrogen and oxygen atoms in total. The zero-order valence-electron chi connectivity index (χ0n) is 14.0. The number of urea groups is 1. The molecule has 0 aliphatic carbocycles. The van der Waals surface area contributed by atoms with Crippen LogP contribution in [-0.4, -0.2) is 68.3 Å². The average Bonchev–Trinajstić information content (AvgIpc) is 2.88. The molecule has 134 valence electrons. The van der Waals surface area contributed by atoms with Gasteiger partial charge in [0.2, 0.25) is 0 Å². The second kappa shape index (κ2) is 6.88. The van der Waals surface area contributed by atoms with E-state index in [0.29, 0.717) is 30.3 Å². The minimum Gasteiger partial charge on any atom is -0.497 e. The Bertz CT molecular complexity index is 663. The summed E-state index contributed by atoms with van der Waals surface area (Å²) in [5.74, 6) is 0.862. The van der Waals surface area contributed by atoms with Gasteiger partial charge >= 0.3 is 12.1 Å². The number of benzene rings is 1. The van der Waals surface area contributed by atoms with Crippen LogP contribution in [0.25, 0.3) is 0 Å². The fraction of sp³-hybridized carbons (Fsp3) is 0.438. The third-order valence-corrected chi connectivity index (χ3v) is 4.13. The van der Waals surface area contributed by atoms with Gasteiger partial charge in [0.1, 0.15) is 11.5 Å². The highest BCUT2D eigenvalue weighted by Gasteiger charge is 2.38. The van der Waals surface area contributed by atoms with Gasteiger partial charge in [0.05, 0.1) is 14.2 Å². The van der Waals surface area contributed by atoms with Crippen molar-refractivity contribution in [3.05, 3.63) is 18.2 Å². The monoisotopic (exact) mass is 349 g/mol. The van der Waals surface area contributed by atoms with Crippen LogP contribution in [0.3, 0.4) is 0 Å². The molecule has 0 bridgehead atoms. The Kier molecular flexibility index (Phi) is 4.64. The van der Waals surface area contributed by atoms with Gasteiger partial charge in [0, 0.05) is 49.4 Å². The van der Waals surface area contributed by atoms with Gasteiger partial charge < -0.3 is 24.4 Å². The second-order valence-electron chi connectivity index (χ2n) is 5.86. The van der Waals surface area contributed by atoms with Crippen LogP contribution in [0.4, 0.5) is 15.3 Å². The Morgan fingerprint density at radius 2 is 1.84 bits per heavy atom. The molecule has 0 atom stereocenters. The average molecular weight is 349 g/mol. The molecule has 25 heavy (non-hydrogen) atoms. The molecule has 2 saturated heterocycles. The second-order valence-corrected chi connectivity index (χ2v) is 5.86. The third-order valence-electron chi connectivity index (χ3n) is 4.13. The first-order valence-electron chi connectivity index (χ1n) is 7.76. The zero-order valence-corrected chi connectivity index (χ0v) is 14.0. The van der Waals surface area contributed by atoms with Gasteiger partial charge in [0.25, 0.3) is 5.91 Å². The van der Waals surface area contributed by atoms with E-state index in [4.69, 9.17) is 9.47 Å². The lowest BCUT2D eigenvalue weighted by atomic mass is 10.0. The molecule has 0 spiro atoms. The van der Waals surface area contributed by atoms with Crippen molar-refractivity contribution < 1.29 is 28.6 Å². The van der Waals surface area contributed by atoms with Gasteiger partial charge in [-0.15, -0.1) is 0 Å². The lowest BCUT2D eigenvalue weighted by Crippen LogP contribution is -2.55. The number of nitrogens with zero attached hydrogens (tertiary/aromatic N) is 2. The molecular weight excluding hydrogens is 330 g/mol. The van der Waals surface area contributed by atoms with E-state index >= 15 is 0 Å². The number of imide groups is 1. The van der Waals surface area contributed by atoms with Crippen LogP contribution in [0.5, 0.6) is 11.5 Å². The van der Waals surface area contributed by atoms with Crippen molar-refractivity contribution in [1.82, 2.24) is 9.80 Å². The van der Waals surface area contributed by atoms with Crippen molar-refractivity contribution in [2.24, 2.45) is 5.92 Å². The number of carbonyl (C=O) groups is 3. The predicted molar refractivity (Wildman–Crippen MR) is 86.7 cm³/mol. The Labute approximate surface area is 144 Å². The number of cyclic esters (lactones) is 1. The summed E-state index contributed by atoms with van der Waals surface area (Å²) in [6, 6.07) is 4.83. The van der Waals surface area contributed by atoms with E-state index in [1.165, 1.54) is 14.2 Å². The van der Waals surface area contributed by atoms with E-state index < -0.39 is 6.09 Å². The van der Waals surface area contributed by atoms with E-state index in [1.807, 2.05) is 0 Å². The molecule has 3 rings (SSSR count). The molecule has 0 aromatic heterocycles. The van der Waals surface area contributed by atoms with Crippen molar-refractivity contribution in [3.63, 3.8) is 0 Å². The van der Waals surface area contributed by atoms with Crippen LogP contribution in [0.2, 0.25) is 0 Å². The Balaban J connectivity index is 1.52. The maximum Gasteiger partial charge on any atom is 0.417 e. The largest absolute Gasteiger partial charge is 0.497 e. The van der Waals surface area contributed by atoms with Crippen LogP contribution < -0.4 is 14.8 Å². The number of nitrogens with one attached hydrogen (secondary N) is 1. The van der Waals surface area contributed by atoms with Crippen molar-refractivity contribution >= 4 is 23.7 Å². The molecule has 1 aromatic rings. The summed E-state index contributed by atoms with van der Waals surface area (Å²) in [5.41, 5.74) is 0.558. The van der Waals surface area contributed by atoms with Gasteiger partial charge in [-0.05, 0) is 0 Å². The summed E-state index contributed by atoms with van der Waals surface area (Å²) >= 11 is 0. The van der Waals surface area contributed by atoms with Crippen LogP contribution in [0, 0.1) is 5.92 Å². The standard InChI is InChI=1S/C16H19N3O6/c1-23-12-3-11(4-13(5-12)24-2)17-15(21)18-6-10(7-18)8-19-14(20)9-25-16(19)22/h3-5,10H,6-9H2,1-2H3,(H,17,21). The van der Waals surface area contributed by atoms with Crippen molar-refractivity contribution in [3.8, 4) is 11.5 Å². The summed E-state index contributed by atoms with van der Waals surface area (Å²) < 4.78 is 15.0. The zero-order chi connectivity index (χ0) is 18.0. The summed E-state index contributed by atoms with van der Waals surface area (Å²) in [6.45, 7) is 0.996. The fourth-order valence-electron chi connectivity index (χ4n) is 2.75. The first-order valence-corrected chi connectivity index (χ1v) is 7.76. The molecule has 2 aliphatic heterocycles. The first kappa shape index (κ1) is 16.9. The van der Waals surface area contributed by atoms with Crippen molar-refractivity contribution in [2.45, 2.75) is 0 Å². The van der Waals surface area contributed by atoms with Gasteiger partial charge in [-0.2, -0.15) is 0 Å². The molecule has 0 unspecified atom stereocenters. The number of rotatable bonds is 5. The predicted octanol–water partition coefficient (Wildman–Crippen LogP) is 1.15.